The van der Waals surface area contributed by atoms with Crippen LogP contribution in [0.2, 0.25) is 0 Å². The highest BCUT2D eigenvalue weighted by atomic mass is 32.2. The van der Waals surface area contributed by atoms with E-state index in [2.05, 4.69) is 16.2 Å². The number of hydrogen-bond acceptors (Lipinski definition) is 7. The molecular formula is C23H28N4O5S. The third-order valence-corrected chi connectivity index (χ3v) is 8.19. The number of benzene rings is 1. The number of hydrogen-bond donors (Lipinski definition) is 0. The summed E-state index contributed by atoms with van der Waals surface area (Å²) in [5, 5.41) is 4.88. The summed E-state index contributed by atoms with van der Waals surface area (Å²) >= 11 is 0. The number of fused-ring (bicyclic) bond motifs is 2. The Morgan fingerprint density at radius 2 is 2.03 bits per heavy atom. The van der Waals surface area contributed by atoms with Crippen LogP contribution in [-0.4, -0.2) is 55.2 Å². The van der Waals surface area contributed by atoms with Gasteiger partial charge in [0.2, 0.25) is 0 Å². The second-order valence-electron chi connectivity index (χ2n) is 8.34. The number of nitrogens with zero attached hydrogens (tertiary/aromatic N) is 4. The van der Waals surface area contributed by atoms with Gasteiger partial charge in [0.05, 0.1) is 23.8 Å². The summed E-state index contributed by atoms with van der Waals surface area (Å²) in [4.78, 5) is 3.97. The maximum Gasteiger partial charge on any atom is 0.304 e. The van der Waals surface area contributed by atoms with Gasteiger partial charge in [0, 0.05) is 38.1 Å². The Labute approximate surface area is 193 Å². The highest BCUT2D eigenvalue weighted by Crippen LogP contribution is 2.36. The van der Waals surface area contributed by atoms with Gasteiger partial charge in [-0.15, -0.1) is 0 Å². The third kappa shape index (κ3) is 4.37. The lowest BCUT2D eigenvalue weighted by atomic mass is 9.98. The normalized spacial score (nSPS) is 20.0. The number of aromatic nitrogens is 2. The van der Waals surface area contributed by atoms with Crippen LogP contribution in [0.15, 0.2) is 41.2 Å². The molecule has 1 unspecified atom stereocenters. The third-order valence-electron chi connectivity index (χ3n) is 6.22. The average Bonchev–Trinajstić information content (AvgIpc) is 3.35. The Balaban J connectivity index is 1.13. The summed E-state index contributed by atoms with van der Waals surface area (Å²) in [6.45, 7) is 3.96. The minimum absolute atomic E-state index is 0.118. The van der Waals surface area contributed by atoms with E-state index in [9.17, 15) is 8.42 Å². The van der Waals surface area contributed by atoms with Gasteiger partial charge in [-0.2, -0.15) is 12.7 Å². The van der Waals surface area contributed by atoms with Gasteiger partial charge < -0.3 is 14.0 Å². The zero-order chi connectivity index (χ0) is 22.8. The van der Waals surface area contributed by atoms with E-state index in [1.54, 1.807) is 28.8 Å². The molecule has 4 heterocycles. The number of ether oxygens (including phenoxy) is 2. The molecule has 0 amide bonds. The summed E-state index contributed by atoms with van der Waals surface area (Å²) in [5.41, 5.74) is 2.47. The Morgan fingerprint density at radius 1 is 1.18 bits per heavy atom. The number of pyridine rings is 1. The van der Waals surface area contributed by atoms with Gasteiger partial charge in [0.15, 0.2) is 5.58 Å². The fraction of sp³-hybridized carbons (Fsp3) is 0.478. The van der Waals surface area contributed by atoms with Crippen LogP contribution >= 0.6 is 0 Å². The summed E-state index contributed by atoms with van der Waals surface area (Å²) in [6, 6.07) is 7.40. The number of aryl methyl sites for hydroxylation is 1. The molecule has 5 rings (SSSR count). The zero-order valence-corrected chi connectivity index (χ0v) is 19.5. The first-order chi connectivity index (χ1) is 16.1. The van der Waals surface area contributed by atoms with Crippen LogP contribution < -0.4 is 13.8 Å². The monoisotopic (exact) mass is 472 g/mol. The van der Waals surface area contributed by atoms with Crippen LogP contribution in [0.4, 0.5) is 5.69 Å². The zero-order valence-electron chi connectivity index (χ0n) is 18.6. The van der Waals surface area contributed by atoms with E-state index in [1.165, 1.54) is 4.31 Å². The van der Waals surface area contributed by atoms with Crippen molar-refractivity contribution in [2.45, 2.75) is 45.1 Å². The van der Waals surface area contributed by atoms with Crippen LogP contribution in [0, 0.1) is 0 Å². The molecule has 9 nitrogen and oxygen atoms in total. The molecule has 0 bridgehead atoms. The van der Waals surface area contributed by atoms with Crippen molar-refractivity contribution in [1.29, 1.82) is 0 Å². The van der Waals surface area contributed by atoms with Crippen LogP contribution in [0.25, 0.3) is 11.0 Å². The minimum Gasteiger partial charge on any atom is -0.490 e. The summed E-state index contributed by atoms with van der Waals surface area (Å²) < 4.78 is 45.9. The smallest absolute Gasteiger partial charge is 0.304 e. The van der Waals surface area contributed by atoms with E-state index in [0.717, 1.165) is 48.8 Å². The highest BCUT2D eigenvalue weighted by Gasteiger charge is 2.36. The number of rotatable bonds is 8. The molecule has 1 saturated heterocycles. The molecular weight excluding hydrogens is 444 g/mol. The van der Waals surface area contributed by atoms with Crippen LogP contribution in [0.3, 0.4) is 0 Å². The van der Waals surface area contributed by atoms with Gasteiger partial charge >= 0.3 is 10.2 Å². The lowest BCUT2D eigenvalue weighted by Gasteiger charge is -2.26. The first kappa shape index (κ1) is 22.0. The molecule has 2 aliphatic rings. The first-order valence-corrected chi connectivity index (χ1v) is 12.9. The van der Waals surface area contributed by atoms with Crippen LogP contribution in [0.1, 0.15) is 38.2 Å². The van der Waals surface area contributed by atoms with Crippen molar-refractivity contribution in [3.05, 3.63) is 42.2 Å². The molecule has 3 aromatic rings. The molecule has 1 fully saturated rings. The minimum atomic E-state index is -3.47. The highest BCUT2D eigenvalue weighted by molar-refractivity contribution is 7.90. The van der Waals surface area contributed by atoms with Gasteiger partial charge in [-0.1, -0.05) is 0 Å². The Bertz CT molecular complexity index is 1210. The maximum absolute atomic E-state index is 12.9. The molecule has 0 radical (unpaired) electrons. The predicted octanol–water partition coefficient (Wildman–Crippen LogP) is 3.55. The van der Waals surface area contributed by atoms with Crippen molar-refractivity contribution < 1.29 is 22.4 Å². The molecule has 10 heteroatoms. The van der Waals surface area contributed by atoms with Crippen molar-refractivity contribution in [2.24, 2.45) is 0 Å². The largest absolute Gasteiger partial charge is 0.490 e. The van der Waals surface area contributed by atoms with Gasteiger partial charge in [0.1, 0.15) is 5.75 Å². The van der Waals surface area contributed by atoms with E-state index in [1.807, 2.05) is 13.0 Å². The second-order valence-corrected chi connectivity index (χ2v) is 10.2. The van der Waals surface area contributed by atoms with Gasteiger partial charge in [-0.3, -0.25) is 9.29 Å². The fourth-order valence-corrected chi connectivity index (χ4v) is 6.18. The molecule has 33 heavy (non-hydrogen) atoms. The number of anilines is 1. The molecule has 176 valence electrons. The molecule has 1 aromatic carbocycles. The molecule has 0 N–H and O–H groups in total. The van der Waals surface area contributed by atoms with Crippen molar-refractivity contribution in [1.82, 2.24) is 14.4 Å². The number of unbranched alkanes of at least 4 members (excludes halogenated alkanes) is 1. The molecule has 1 atom stereocenters. The van der Waals surface area contributed by atoms with E-state index >= 15 is 0 Å². The predicted molar refractivity (Wildman–Crippen MR) is 124 cm³/mol. The van der Waals surface area contributed by atoms with Crippen molar-refractivity contribution >= 4 is 26.9 Å². The molecule has 0 saturated carbocycles. The molecule has 0 aliphatic carbocycles. The quantitative estimate of drug-likeness (QED) is 0.462. The molecule has 2 aliphatic heterocycles. The first-order valence-electron chi connectivity index (χ1n) is 11.5. The lowest BCUT2D eigenvalue weighted by Crippen LogP contribution is -2.33. The molecule has 0 spiro atoms. The van der Waals surface area contributed by atoms with E-state index in [-0.39, 0.29) is 6.10 Å². The van der Waals surface area contributed by atoms with Crippen LogP contribution in [-0.2, 0) is 16.6 Å². The lowest BCUT2D eigenvalue weighted by molar-refractivity contribution is 0.160. The maximum atomic E-state index is 12.9. The van der Waals surface area contributed by atoms with Crippen molar-refractivity contribution in [3.63, 3.8) is 0 Å². The van der Waals surface area contributed by atoms with Gasteiger partial charge in [-0.05, 0) is 67.9 Å². The summed E-state index contributed by atoms with van der Waals surface area (Å²) in [7, 11) is -3.47. The Morgan fingerprint density at radius 3 is 2.85 bits per heavy atom. The second kappa shape index (κ2) is 9.18. The van der Waals surface area contributed by atoms with E-state index in [0.29, 0.717) is 43.4 Å². The summed E-state index contributed by atoms with van der Waals surface area (Å²) in [5.74, 6) is 1.37. The summed E-state index contributed by atoms with van der Waals surface area (Å²) in [6.07, 6.45) is 7.80. The van der Waals surface area contributed by atoms with Crippen molar-refractivity contribution in [2.75, 3.05) is 30.5 Å². The molecule has 2 aromatic heterocycles. The van der Waals surface area contributed by atoms with Gasteiger partial charge in [0.25, 0.3) is 5.88 Å². The van der Waals surface area contributed by atoms with Crippen molar-refractivity contribution in [3.8, 4) is 11.6 Å². The standard InChI is InChI=1S/C23H28N4O5S/c1-2-30-23-20-15-17-6-7-19(31-21(17)16-22(20)32-25-23)5-3-4-12-26-13-14-27(33(26,28)29)18-8-10-24-11-9-18/h8-11,15-16,19H,2-7,12-14H2,1H3. The van der Waals surface area contributed by atoms with E-state index < -0.39 is 10.2 Å². The Kier molecular flexibility index (Phi) is 6.11. The average molecular weight is 473 g/mol. The fourth-order valence-electron chi connectivity index (χ4n) is 4.53. The van der Waals surface area contributed by atoms with E-state index in [4.69, 9.17) is 14.0 Å². The Hall–Kier alpha value is -2.85. The van der Waals surface area contributed by atoms with Crippen LogP contribution in [0.5, 0.6) is 11.6 Å². The van der Waals surface area contributed by atoms with Gasteiger partial charge in [-0.25, -0.2) is 0 Å². The SMILES string of the molecule is CCOc1noc2cc3c(cc12)CCC(CCCCN1CCN(c2ccncc2)S1(=O)=O)O3. The topological polar surface area (TPSA) is 98.0 Å².